The van der Waals surface area contributed by atoms with Crippen molar-refractivity contribution in [2.75, 3.05) is 34.2 Å². The highest BCUT2D eigenvalue weighted by Crippen LogP contribution is 2.40. The molecule has 6 nitrogen and oxygen atoms in total. The minimum atomic E-state index is -3.39. The van der Waals surface area contributed by atoms with Crippen molar-refractivity contribution in [3.8, 4) is 17.2 Å². The fourth-order valence-corrected chi connectivity index (χ4v) is 2.25. The lowest BCUT2D eigenvalue weighted by molar-refractivity contribution is 0.310. The van der Waals surface area contributed by atoms with Gasteiger partial charge in [-0.2, -0.15) is 8.42 Å². The standard InChI is InChI=1S/C13H20O6S/c1-16-11-8-7-10(12(17-2)13(11)18-3)6-5-9-19-20(4,14)15/h7-8H,5-6,9H2,1-4H3. The van der Waals surface area contributed by atoms with E-state index in [1.165, 1.54) is 7.11 Å². The predicted molar refractivity (Wildman–Crippen MR) is 75.2 cm³/mol. The van der Waals surface area contributed by atoms with E-state index in [1.807, 2.05) is 6.07 Å². The molecule has 0 aromatic heterocycles. The summed E-state index contributed by atoms with van der Waals surface area (Å²) in [4.78, 5) is 0. The molecule has 1 aromatic carbocycles. The molecule has 0 radical (unpaired) electrons. The molecule has 1 rings (SSSR count). The number of hydrogen-bond donors (Lipinski definition) is 0. The SMILES string of the molecule is COc1ccc(CCCOS(C)(=O)=O)c(OC)c1OC. The van der Waals surface area contributed by atoms with Gasteiger partial charge in [-0.3, -0.25) is 4.18 Å². The molecule has 0 aliphatic carbocycles. The zero-order valence-electron chi connectivity index (χ0n) is 12.1. The second-order valence-corrected chi connectivity index (χ2v) is 5.77. The molecule has 0 fully saturated rings. The Labute approximate surface area is 119 Å². The highest BCUT2D eigenvalue weighted by molar-refractivity contribution is 7.85. The first-order valence-electron chi connectivity index (χ1n) is 6.05. The van der Waals surface area contributed by atoms with Crippen LogP contribution in [0.15, 0.2) is 12.1 Å². The van der Waals surface area contributed by atoms with Crippen LogP contribution >= 0.6 is 0 Å². The van der Waals surface area contributed by atoms with E-state index < -0.39 is 10.1 Å². The van der Waals surface area contributed by atoms with E-state index in [-0.39, 0.29) is 6.61 Å². The van der Waals surface area contributed by atoms with Gasteiger partial charge in [0.1, 0.15) is 0 Å². The van der Waals surface area contributed by atoms with Gasteiger partial charge in [0, 0.05) is 0 Å². The average molecular weight is 304 g/mol. The Morgan fingerprint density at radius 1 is 1.00 bits per heavy atom. The summed E-state index contributed by atoms with van der Waals surface area (Å²) in [6.45, 7) is 0.135. The van der Waals surface area contributed by atoms with Crippen LogP contribution < -0.4 is 14.2 Å². The number of hydrogen-bond acceptors (Lipinski definition) is 6. The van der Waals surface area contributed by atoms with Gasteiger partial charge >= 0.3 is 0 Å². The van der Waals surface area contributed by atoms with Crippen LogP contribution in [0.3, 0.4) is 0 Å². The molecule has 0 atom stereocenters. The first-order valence-corrected chi connectivity index (χ1v) is 7.86. The third-order valence-electron chi connectivity index (χ3n) is 2.67. The number of benzene rings is 1. The van der Waals surface area contributed by atoms with Crippen LogP contribution in [0.25, 0.3) is 0 Å². The van der Waals surface area contributed by atoms with E-state index in [1.54, 1.807) is 20.3 Å². The molecule has 0 N–H and O–H groups in total. The molecule has 0 saturated heterocycles. The Kier molecular flexibility index (Phi) is 6.09. The molecule has 0 amide bonds. The zero-order chi connectivity index (χ0) is 15.2. The Bertz CT molecular complexity index is 538. The number of aryl methyl sites for hydroxylation is 1. The first-order chi connectivity index (χ1) is 9.42. The topological polar surface area (TPSA) is 71.1 Å². The predicted octanol–water partition coefficient (Wildman–Crippen LogP) is 1.62. The van der Waals surface area contributed by atoms with Crippen molar-refractivity contribution in [1.29, 1.82) is 0 Å². The smallest absolute Gasteiger partial charge is 0.264 e. The van der Waals surface area contributed by atoms with Gasteiger partial charge in [0.2, 0.25) is 5.75 Å². The number of methoxy groups -OCH3 is 3. The lowest BCUT2D eigenvalue weighted by Crippen LogP contribution is -2.05. The highest BCUT2D eigenvalue weighted by atomic mass is 32.2. The summed E-state index contributed by atoms with van der Waals surface area (Å²) in [5.41, 5.74) is 0.905. The summed E-state index contributed by atoms with van der Waals surface area (Å²) in [7, 11) is 1.25. The van der Waals surface area contributed by atoms with Gasteiger partial charge in [-0.05, 0) is 24.5 Å². The maximum absolute atomic E-state index is 10.9. The van der Waals surface area contributed by atoms with Crippen LogP contribution in [0.5, 0.6) is 17.2 Å². The van der Waals surface area contributed by atoms with Crippen LogP contribution in [0.4, 0.5) is 0 Å². The van der Waals surface area contributed by atoms with Gasteiger partial charge in [0.15, 0.2) is 11.5 Å². The summed E-state index contributed by atoms with van der Waals surface area (Å²) in [5.74, 6) is 1.70. The third-order valence-corrected chi connectivity index (χ3v) is 3.27. The van der Waals surface area contributed by atoms with Gasteiger partial charge < -0.3 is 14.2 Å². The first kappa shape index (κ1) is 16.6. The van der Waals surface area contributed by atoms with E-state index >= 15 is 0 Å². The second kappa shape index (κ2) is 7.35. The molecule has 0 unspecified atom stereocenters. The normalized spacial score (nSPS) is 11.2. The molecule has 114 valence electrons. The quantitative estimate of drug-likeness (QED) is 0.537. The molecular formula is C13H20O6S. The molecular weight excluding hydrogens is 284 g/mol. The van der Waals surface area contributed by atoms with Crippen molar-refractivity contribution in [2.24, 2.45) is 0 Å². The molecule has 0 bridgehead atoms. The Balaban J connectivity index is 2.80. The molecule has 0 saturated carbocycles. The Morgan fingerprint density at radius 3 is 2.15 bits per heavy atom. The summed E-state index contributed by atoms with van der Waals surface area (Å²) < 4.78 is 42.3. The zero-order valence-corrected chi connectivity index (χ0v) is 13.0. The number of ether oxygens (including phenoxy) is 3. The Hall–Kier alpha value is -1.47. The fourth-order valence-electron chi connectivity index (χ4n) is 1.83. The minimum Gasteiger partial charge on any atom is -0.493 e. The van der Waals surface area contributed by atoms with Gasteiger partial charge in [-0.25, -0.2) is 0 Å². The molecule has 7 heteroatoms. The molecule has 20 heavy (non-hydrogen) atoms. The molecule has 0 aliphatic rings. The van der Waals surface area contributed by atoms with E-state index in [4.69, 9.17) is 18.4 Å². The summed E-state index contributed by atoms with van der Waals surface area (Å²) in [6, 6.07) is 3.65. The fraction of sp³-hybridized carbons (Fsp3) is 0.538. The van der Waals surface area contributed by atoms with Gasteiger partial charge in [0.25, 0.3) is 10.1 Å². The van der Waals surface area contributed by atoms with Crippen molar-refractivity contribution < 1.29 is 26.8 Å². The maximum Gasteiger partial charge on any atom is 0.264 e. The van der Waals surface area contributed by atoms with Crippen LogP contribution in [0.2, 0.25) is 0 Å². The monoisotopic (exact) mass is 304 g/mol. The second-order valence-electron chi connectivity index (χ2n) is 4.12. The van der Waals surface area contributed by atoms with Crippen molar-refractivity contribution in [1.82, 2.24) is 0 Å². The molecule has 0 heterocycles. The van der Waals surface area contributed by atoms with Crippen molar-refractivity contribution in [2.45, 2.75) is 12.8 Å². The van der Waals surface area contributed by atoms with Crippen LogP contribution in [-0.4, -0.2) is 42.6 Å². The molecule has 0 aliphatic heterocycles. The van der Waals surface area contributed by atoms with Crippen LogP contribution in [0.1, 0.15) is 12.0 Å². The van der Waals surface area contributed by atoms with Crippen LogP contribution in [0, 0.1) is 0 Å². The Morgan fingerprint density at radius 2 is 1.65 bits per heavy atom. The maximum atomic E-state index is 10.9. The van der Waals surface area contributed by atoms with E-state index in [9.17, 15) is 8.42 Å². The number of rotatable bonds is 8. The molecule has 0 spiro atoms. The summed E-state index contributed by atoms with van der Waals surface area (Å²) in [6.07, 6.45) is 2.20. The lowest BCUT2D eigenvalue weighted by Gasteiger charge is -2.15. The van der Waals surface area contributed by atoms with E-state index in [0.717, 1.165) is 11.8 Å². The van der Waals surface area contributed by atoms with Crippen LogP contribution in [-0.2, 0) is 20.7 Å². The minimum absolute atomic E-state index is 0.135. The largest absolute Gasteiger partial charge is 0.493 e. The highest BCUT2D eigenvalue weighted by Gasteiger charge is 2.15. The molecule has 1 aromatic rings. The van der Waals surface area contributed by atoms with E-state index in [0.29, 0.717) is 30.1 Å². The van der Waals surface area contributed by atoms with Gasteiger partial charge in [-0.15, -0.1) is 0 Å². The van der Waals surface area contributed by atoms with E-state index in [2.05, 4.69) is 0 Å². The van der Waals surface area contributed by atoms with Crippen molar-refractivity contribution in [3.05, 3.63) is 17.7 Å². The summed E-state index contributed by atoms with van der Waals surface area (Å²) >= 11 is 0. The van der Waals surface area contributed by atoms with Gasteiger partial charge in [0.05, 0.1) is 34.2 Å². The summed E-state index contributed by atoms with van der Waals surface area (Å²) in [5, 5.41) is 0. The lowest BCUT2D eigenvalue weighted by atomic mass is 10.1. The van der Waals surface area contributed by atoms with Gasteiger partial charge in [-0.1, -0.05) is 6.07 Å². The van der Waals surface area contributed by atoms with Crippen molar-refractivity contribution >= 4 is 10.1 Å². The average Bonchev–Trinajstić information content (AvgIpc) is 2.41. The third kappa shape index (κ3) is 4.57. The van der Waals surface area contributed by atoms with Crippen molar-refractivity contribution in [3.63, 3.8) is 0 Å².